The molecule has 0 aliphatic carbocycles. The summed E-state index contributed by atoms with van der Waals surface area (Å²) < 4.78 is 0. The Morgan fingerprint density at radius 3 is 2.61 bits per heavy atom. The molecule has 0 radical (unpaired) electrons. The van der Waals surface area contributed by atoms with Crippen molar-refractivity contribution in [3.8, 4) is 0 Å². The van der Waals surface area contributed by atoms with Gasteiger partial charge in [-0.3, -0.25) is 14.4 Å². The normalized spacial score (nSPS) is 16.9. The van der Waals surface area contributed by atoms with Crippen molar-refractivity contribution in [1.29, 1.82) is 0 Å². The minimum absolute atomic E-state index is 0.0261. The van der Waals surface area contributed by atoms with Crippen LogP contribution in [-0.4, -0.2) is 41.8 Å². The standard InChI is InChI=1S/C16H20ClN3O3/c1-3-20(4-2)14(21)8-7-13-16(23)18-12-6-5-10(17)9-11(12)15(22)19-13/h5-6,9,13H,3-4,7-8H2,1-2H3,(H,18,23)(H,19,22)/t13-/m1/s1. The van der Waals surface area contributed by atoms with Crippen molar-refractivity contribution in [1.82, 2.24) is 10.2 Å². The fourth-order valence-corrected chi connectivity index (χ4v) is 2.71. The van der Waals surface area contributed by atoms with Crippen molar-refractivity contribution in [2.24, 2.45) is 0 Å². The lowest BCUT2D eigenvalue weighted by Crippen LogP contribution is -2.42. The Morgan fingerprint density at radius 2 is 1.96 bits per heavy atom. The van der Waals surface area contributed by atoms with Crippen LogP contribution in [0.25, 0.3) is 0 Å². The Morgan fingerprint density at radius 1 is 1.26 bits per heavy atom. The molecule has 1 heterocycles. The largest absolute Gasteiger partial charge is 0.343 e. The van der Waals surface area contributed by atoms with Gasteiger partial charge in [0, 0.05) is 24.5 Å². The van der Waals surface area contributed by atoms with E-state index in [9.17, 15) is 14.4 Å². The number of hydrogen-bond donors (Lipinski definition) is 2. The first-order valence-electron chi connectivity index (χ1n) is 7.65. The minimum Gasteiger partial charge on any atom is -0.343 e. The van der Waals surface area contributed by atoms with Crippen molar-refractivity contribution < 1.29 is 14.4 Å². The molecule has 23 heavy (non-hydrogen) atoms. The molecular weight excluding hydrogens is 318 g/mol. The van der Waals surface area contributed by atoms with Crippen LogP contribution in [0.4, 0.5) is 5.69 Å². The molecule has 2 rings (SSSR count). The third-order valence-electron chi connectivity index (χ3n) is 3.87. The van der Waals surface area contributed by atoms with Gasteiger partial charge in [0.2, 0.25) is 11.8 Å². The number of fused-ring (bicyclic) bond motifs is 1. The maximum atomic E-state index is 12.2. The molecule has 0 saturated carbocycles. The second kappa shape index (κ2) is 7.46. The first kappa shape index (κ1) is 17.3. The van der Waals surface area contributed by atoms with Gasteiger partial charge >= 0.3 is 0 Å². The van der Waals surface area contributed by atoms with Gasteiger partial charge in [-0.1, -0.05) is 11.6 Å². The average molecular weight is 338 g/mol. The molecule has 0 bridgehead atoms. The van der Waals surface area contributed by atoms with E-state index in [1.165, 1.54) is 6.07 Å². The van der Waals surface area contributed by atoms with Crippen LogP contribution in [0.1, 0.15) is 37.0 Å². The quantitative estimate of drug-likeness (QED) is 0.863. The minimum atomic E-state index is -0.742. The predicted octanol–water partition coefficient (Wildman–Crippen LogP) is 2.04. The lowest BCUT2D eigenvalue weighted by atomic mass is 10.1. The van der Waals surface area contributed by atoms with Gasteiger partial charge in [0.25, 0.3) is 5.91 Å². The summed E-state index contributed by atoms with van der Waals surface area (Å²) >= 11 is 5.89. The highest BCUT2D eigenvalue weighted by molar-refractivity contribution is 6.31. The first-order valence-corrected chi connectivity index (χ1v) is 8.03. The zero-order chi connectivity index (χ0) is 17.0. The Kier molecular flexibility index (Phi) is 5.60. The lowest BCUT2D eigenvalue weighted by Gasteiger charge is -2.20. The van der Waals surface area contributed by atoms with Gasteiger partial charge in [0.05, 0.1) is 11.3 Å². The third kappa shape index (κ3) is 4.01. The molecule has 1 aromatic rings. The van der Waals surface area contributed by atoms with Crippen LogP contribution in [-0.2, 0) is 9.59 Å². The van der Waals surface area contributed by atoms with Gasteiger partial charge in [-0.2, -0.15) is 0 Å². The summed E-state index contributed by atoms with van der Waals surface area (Å²) in [6.07, 6.45) is 0.464. The monoisotopic (exact) mass is 337 g/mol. The number of anilines is 1. The van der Waals surface area contributed by atoms with E-state index in [4.69, 9.17) is 11.6 Å². The van der Waals surface area contributed by atoms with Crippen LogP contribution >= 0.6 is 11.6 Å². The number of carbonyl (C=O) groups is 3. The summed E-state index contributed by atoms with van der Waals surface area (Å²) in [5.74, 6) is -0.727. The van der Waals surface area contributed by atoms with Crippen LogP contribution < -0.4 is 10.6 Å². The Hall–Kier alpha value is -2.08. The maximum absolute atomic E-state index is 12.2. The van der Waals surface area contributed by atoms with Gasteiger partial charge in [0.1, 0.15) is 6.04 Å². The summed E-state index contributed by atoms with van der Waals surface area (Å²) in [6.45, 7) is 5.06. The highest BCUT2D eigenvalue weighted by atomic mass is 35.5. The maximum Gasteiger partial charge on any atom is 0.254 e. The van der Waals surface area contributed by atoms with Crippen molar-refractivity contribution in [2.75, 3.05) is 18.4 Å². The first-order chi connectivity index (χ1) is 11.0. The fraction of sp³-hybridized carbons (Fsp3) is 0.438. The number of halogens is 1. The highest BCUT2D eigenvalue weighted by Crippen LogP contribution is 2.23. The molecule has 1 aromatic carbocycles. The van der Waals surface area contributed by atoms with Crippen LogP contribution in [0.15, 0.2) is 18.2 Å². The van der Waals surface area contributed by atoms with E-state index in [1.54, 1.807) is 17.0 Å². The number of nitrogens with zero attached hydrogens (tertiary/aromatic N) is 1. The molecule has 0 spiro atoms. The molecule has 7 heteroatoms. The van der Waals surface area contributed by atoms with Crippen LogP contribution in [0.3, 0.4) is 0 Å². The summed E-state index contributed by atoms with van der Waals surface area (Å²) in [5.41, 5.74) is 0.748. The van der Waals surface area contributed by atoms with Crippen LogP contribution in [0, 0.1) is 0 Å². The van der Waals surface area contributed by atoms with Crippen molar-refractivity contribution in [2.45, 2.75) is 32.7 Å². The third-order valence-corrected chi connectivity index (χ3v) is 4.10. The van der Waals surface area contributed by atoms with E-state index in [1.807, 2.05) is 13.8 Å². The highest BCUT2D eigenvalue weighted by Gasteiger charge is 2.28. The summed E-state index contributed by atoms with van der Waals surface area (Å²) in [4.78, 5) is 38.2. The Labute approximate surface area is 140 Å². The van der Waals surface area contributed by atoms with E-state index in [0.717, 1.165) is 0 Å². The predicted molar refractivity (Wildman–Crippen MR) is 88.5 cm³/mol. The Bertz CT molecular complexity index is 629. The van der Waals surface area contributed by atoms with E-state index >= 15 is 0 Å². The number of amides is 3. The molecule has 124 valence electrons. The lowest BCUT2D eigenvalue weighted by molar-refractivity contribution is -0.131. The SMILES string of the molecule is CCN(CC)C(=O)CC[C@H]1NC(=O)c2cc(Cl)ccc2NC1=O. The second-order valence-electron chi connectivity index (χ2n) is 5.31. The summed E-state index contributed by atoms with van der Waals surface area (Å²) in [6, 6.07) is 3.97. The molecule has 6 nitrogen and oxygen atoms in total. The van der Waals surface area contributed by atoms with E-state index in [2.05, 4.69) is 10.6 Å². The van der Waals surface area contributed by atoms with Crippen molar-refractivity contribution in [3.05, 3.63) is 28.8 Å². The molecule has 1 atom stereocenters. The van der Waals surface area contributed by atoms with Gasteiger partial charge in [0.15, 0.2) is 0 Å². The van der Waals surface area contributed by atoms with E-state index in [-0.39, 0.29) is 30.6 Å². The number of nitrogens with one attached hydrogen (secondary N) is 2. The molecule has 0 aromatic heterocycles. The average Bonchev–Trinajstić information content (AvgIpc) is 2.64. The summed E-state index contributed by atoms with van der Waals surface area (Å²) in [7, 11) is 0. The number of benzene rings is 1. The van der Waals surface area contributed by atoms with Crippen molar-refractivity contribution in [3.63, 3.8) is 0 Å². The van der Waals surface area contributed by atoms with Gasteiger partial charge in [-0.05, 0) is 38.5 Å². The number of carbonyl (C=O) groups excluding carboxylic acids is 3. The molecule has 0 unspecified atom stereocenters. The van der Waals surface area contributed by atoms with Crippen LogP contribution in [0.5, 0.6) is 0 Å². The summed E-state index contributed by atoms with van der Waals surface area (Å²) in [5, 5.41) is 5.79. The van der Waals surface area contributed by atoms with Crippen LogP contribution in [0.2, 0.25) is 5.02 Å². The zero-order valence-electron chi connectivity index (χ0n) is 13.2. The molecule has 3 amide bonds. The fourth-order valence-electron chi connectivity index (χ4n) is 2.54. The second-order valence-corrected chi connectivity index (χ2v) is 5.75. The van der Waals surface area contributed by atoms with E-state index in [0.29, 0.717) is 29.4 Å². The van der Waals surface area contributed by atoms with Crippen molar-refractivity contribution >= 4 is 35.0 Å². The van der Waals surface area contributed by atoms with Gasteiger partial charge in [-0.15, -0.1) is 0 Å². The molecule has 0 fully saturated rings. The topological polar surface area (TPSA) is 78.5 Å². The van der Waals surface area contributed by atoms with E-state index < -0.39 is 6.04 Å². The molecule has 1 aliphatic heterocycles. The molecule has 2 N–H and O–H groups in total. The Balaban J connectivity index is 2.07. The number of hydrogen-bond acceptors (Lipinski definition) is 3. The zero-order valence-corrected chi connectivity index (χ0v) is 13.9. The smallest absolute Gasteiger partial charge is 0.254 e. The van der Waals surface area contributed by atoms with Gasteiger partial charge < -0.3 is 15.5 Å². The van der Waals surface area contributed by atoms with Gasteiger partial charge in [-0.25, -0.2) is 0 Å². The molecule has 1 aliphatic rings. The number of rotatable bonds is 5. The molecule has 0 saturated heterocycles. The molecular formula is C16H20ClN3O3.